The molecule has 1 aliphatic rings. The first-order valence-corrected chi connectivity index (χ1v) is 11.2. The summed E-state index contributed by atoms with van der Waals surface area (Å²) in [7, 11) is -2.15. The van der Waals surface area contributed by atoms with E-state index in [9.17, 15) is 8.42 Å². The summed E-state index contributed by atoms with van der Waals surface area (Å²) in [6, 6.07) is 22.0. The van der Waals surface area contributed by atoms with E-state index in [1.165, 1.54) is 4.31 Å². The SMILES string of the molecule is CCOc1ccc([C@H]2Nc3ccccc3S(=O)(=O)N2Cc2ccccc2)cc1OC. The number of nitrogens with one attached hydrogen (secondary N) is 1. The third-order valence-electron chi connectivity index (χ3n) is 5.04. The summed E-state index contributed by atoms with van der Waals surface area (Å²) in [6.45, 7) is 2.66. The monoisotopic (exact) mass is 424 g/mol. The highest BCUT2D eigenvalue weighted by atomic mass is 32.2. The summed E-state index contributed by atoms with van der Waals surface area (Å²) in [5.41, 5.74) is 2.26. The fourth-order valence-corrected chi connectivity index (χ4v) is 5.29. The van der Waals surface area contributed by atoms with Gasteiger partial charge in [-0.15, -0.1) is 0 Å². The maximum absolute atomic E-state index is 13.5. The molecule has 0 radical (unpaired) electrons. The minimum Gasteiger partial charge on any atom is -0.493 e. The summed E-state index contributed by atoms with van der Waals surface area (Å²) in [5, 5.41) is 3.39. The van der Waals surface area contributed by atoms with Crippen molar-refractivity contribution in [3.63, 3.8) is 0 Å². The van der Waals surface area contributed by atoms with E-state index >= 15 is 0 Å². The fraction of sp³-hybridized carbons (Fsp3) is 0.217. The number of rotatable bonds is 6. The number of anilines is 1. The standard InChI is InChI=1S/C23H24N2O4S/c1-3-29-20-14-13-18(15-21(20)28-2)23-24-19-11-7-8-12-22(19)30(26,27)25(23)16-17-9-5-4-6-10-17/h4-15,23-24H,3,16H2,1-2H3/t23-/m0/s1. The molecule has 7 heteroatoms. The number of hydrogen-bond donors (Lipinski definition) is 1. The highest BCUT2D eigenvalue weighted by Gasteiger charge is 2.39. The van der Waals surface area contributed by atoms with Crippen molar-refractivity contribution in [3.05, 3.63) is 83.9 Å². The summed E-state index contributed by atoms with van der Waals surface area (Å²) < 4.78 is 39.7. The van der Waals surface area contributed by atoms with Crippen LogP contribution in [0.4, 0.5) is 5.69 Å². The Morgan fingerprint density at radius 1 is 0.967 bits per heavy atom. The third kappa shape index (κ3) is 3.74. The van der Waals surface area contributed by atoms with Gasteiger partial charge in [-0.2, -0.15) is 4.31 Å². The minimum absolute atomic E-state index is 0.241. The van der Waals surface area contributed by atoms with Gasteiger partial charge in [-0.05, 0) is 42.3 Å². The average Bonchev–Trinajstić information content (AvgIpc) is 2.77. The molecule has 3 aromatic carbocycles. The minimum atomic E-state index is -3.72. The van der Waals surface area contributed by atoms with E-state index < -0.39 is 16.2 Å². The van der Waals surface area contributed by atoms with Crippen LogP contribution in [-0.2, 0) is 16.6 Å². The molecule has 0 amide bonds. The van der Waals surface area contributed by atoms with Gasteiger partial charge in [0.1, 0.15) is 11.1 Å². The van der Waals surface area contributed by atoms with Gasteiger partial charge in [-0.25, -0.2) is 8.42 Å². The zero-order chi connectivity index (χ0) is 21.1. The second-order valence-corrected chi connectivity index (χ2v) is 8.78. The number of sulfonamides is 1. The van der Waals surface area contributed by atoms with Gasteiger partial charge in [0.05, 0.1) is 19.4 Å². The van der Waals surface area contributed by atoms with Crippen LogP contribution >= 0.6 is 0 Å². The largest absolute Gasteiger partial charge is 0.493 e. The number of fused-ring (bicyclic) bond motifs is 1. The molecule has 0 unspecified atom stereocenters. The number of ether oxygens (including phenoxy) is 2. The van der Waals surface area contributed by atoms with Gasteiger partial charge in [0.15, 0.2) is 11.5 Å². The lowest BCUT2D eigenvalue weighted by Crippen LogP contribution is -2.42. The van der Waals surface area contributed by atoms with Crippen LogP contribution < -0.4 is 14.8 Å². The van der Waals surface area contributed by atoms with Gasteiger partial charge in [0.25, 0.3) is 0 Å². The molecule has 0 aliphatic carbocycles. The fourth-order valence-electron chi connectivity index (χ4n) is 3.61. The molecule has 0 saturated carbocycles. The van der Waals surface area contributed by atoms with Gasteiger partial charge in [0, 0.05) is 6.54 Å². The molecule has 0 bridgehead atoms. The second kappa shape index (κ2) is 8.38. The molecule has 0 aromatic heterocycles. The topological polar surface area (TPSA) is 67.9 Å². The zero-order valence-electron chi connectivity index (χ0n) is 16.9. The van der Waals surface area contributed by atoms with Gasteiger partial charge < -0.3 is 14.8 Å². The lowest BCUT2D eigenvalue weighted by Gasteiger charge is -2.37. The Morgan fingerprint density at radius 2 is 1.70 bits per heavy atom. The van der Waals surface area contributed by atoms with Gasteiger partial charge in [-0.3, -0.25) is 0 Å². The van der Waals surface area contributed by atoms with Crippen molar-refractivity contribution in [2.24, 2.45) is 0 Å². The molecule has 1 atom stereocenters. The van der Waals surface area contributed by atoms with E-state index in [1.54, 1.807) is 25.3 Å². The maximum atomic E-state index is 13.5. The smallest absolute Gasteiger partial charge is 0.247 e. The Bertz CT molecular complexity index is 1130. The van der Waals surface area contributed by atoms with E-state index in [-0.39, 0.29) is 11.4 Å². The Labute approximate surface area is 177 Å². The summed E-state index contributed by atoms with van der Waals surface area (Å²) in [5.74, 6) is 1.18. The first-order valence-electron chi connectivity index (χ1n) is 9.76. The molecule has 6 nitrogen and oxygen atoms in total. The van der Waals surface area contributed by atoms with Crippen molar-refractivity contribution < 1.29 is 17.9 Å². The van der Waals surface area contributed by atoms with E-state index in [1.807, 2.05) is 61.5 Å². The van der Waals surface area contributed by atoms with Crippen LogP contribution in [0.3, 0.4) is 0 Å². The first kappa shape index (κ1) is 20.3. The Hall–Kier alpha value is -3.03. The molecule has 0 fully saturated rings. The van der Waals surface area contributed by atoms with Crippen molar-refractivity contribution in [1.82, 2.24) is 4.31 Å². The van der Waals surface area contributed by atoms with Crippen molar-refractivity contribution in [2.75, 3.05) is 19.0 Å². The zero-order valence-corrected chi connectivity index (χ0v) is 17.7. The quantitative estimate of drug-likeness (QED) is 0.635. The first-order chi connectivity index (χ1) is 14.5. The Kier molecular flexibility index (Phi) is 5.65. The molecular weight excluding hydrogens is 400 g/mol. The van der Waals surface area contributed by atoms with Crippen molar-refractivity contribution >= 4 is 15.7 Å². The Balaban J connectivity index is 1.81. The molecule has 30 heavy (non-hydrogen) atoms. The molecule has 3 aromatic rings. The summed E-state index contributed by atoms with van der Waals surface area (Å²) >= 11 is 0. The highest BCUT2D eigenvalue weighted by molar-refractivity contribution is 7.89. The Morgan fingerprint density at radius 3 is 2.43 bits per heavy atom. The lowest BCUT2D eigenvalue weighted by molar-refractivity contribution is 0.307. The van der Waals surface area contributed by atoms with Gasteiger partial charge in [0.2, 0.25) is 10.0 Å². The summed E-state index contributed by atoms with van der Waals surface area (Å²) in [4.78, 5) is 0.273. The van der Waals surface area contributed by atoms with Crippen molar-refractivity contribution in [2.45, 2.75) is 24.5 Å². The van der Waals surface area contributed by atoms with E-state index in [0.29, 0.717) is 23.8 Å². The van der Waals surface area contributed by atoms with Crippen LogP contribution in [0.2, 0.25) is 0 Å². The molecule has 0 spiro atoms. The number of benzene rings is 3. The number of methoxy groups -OCH3 is 1. The third-order valence-corrected chi connectivity index (χ3v) is 6.91. The molecular formula is C23H24N2O4S. The number of nitrogens with zero attached hydrogens (tertiary/aromatic N) is 1. The molecule has 156 valence electrons. The van der Waals surface area contributed by atoms with Crippen LogP contribution in [0.5, 0.6) is 11.5 Å². The maximum Gasteiger partial charge on any atom is 0.247 e. The van der Waals surface area contributed by atoms with Crippen LogP contribution in [0, 0.1) is 0 Å². The lowest BCUT2D eigenvalue weighted by atomic mass is 10.1. The van der Waals surface area contributed by atoms with Crippen LogP contribution in [-0.4, -0.2) is 26.4 Å². The van der Waals surface area contributed by atoms with Crippen LogP contribution in [0.1, 0.15) is 24.2 Å². The van der Waals surface area contributed by atoms with Crippen molar-refractivity contribution in [1.29, 1.82) is 0 Å². The van der Waals surface area contributed by atoms with Crippen molar-refractivity contribution in [3.8, 4) is 11.5 Å². The van der Waals surface area contributed by atoms with Crippen LogP contribution in [0.15, 0.2) is 77.7 Å². The molecule has 0 saturated heterocycles. The van der Waals surface area contributed by atoms with E-state index in [4.69, 9.17) is 9.47 Å². The average molecular weight is 425 g/mol. The van der Waals surface area contributed by atoms with Crippen LogP contribution in [0.25, 0.3) is 0 Å². The molecule has 1 N–H and O–H groups in total. The van der Waals surface area contributed by atoms with E-state index in [0.717, 1.165) is 11.1 Å². The second-order valence-electron chi connectivity index (χ2n) is 6.92. The van der Waals surface area contributed by atoms with Gasteiger partial charge in [-0.1, -0.05) is 48.5 Å². The number of para-hydroxylation sites is 1. The summed E-state index contributed by atoms with van der Waals surface area (Å²) in [6.07, 6.45) is -0.588. The van der Waals surface area contributed by atoms with Gasteiger partial charge >= 0.3 is 0 Å². The predicted octanol–water partition coefficient (Wildman–Crippen LogP) is 4.41. The normalized spacial score (nSPS) is 17.6. The molecule has 1 aliphatic heterocycles. The molecule has 4 rings (SSSR count). The van der Waals surface area contributed by atoms with E-state index in [2.05, 4.69) is 5.32 Å². The molecule has 1 heterocycles. The number of hydrogen-bond acceptors (Lipinski definition) is 5. The highest BCUT2D eigenvalue weighted by Crippen LogP contribution is 2.41. The predicted molar refractivity (Wildman–Crippen MR) is 116 cm³/mol.